The van der Waals surface area contributed by atoms with Crippen molar-refractivity contribution in [2.75, 3.05) is 0 Å². The lowest BCUT2D eigenvalue weighted by atomic mass is 10.2. The predicted molar refractivity (Wildman–Crippen MR) is 76.4 cm³/mol. The Labute approximate surface area is 113 Å². The van der Waals surface area contributed by atoms with E-state index in [4.69, 9.17) is 4.42 Å². The minimum absolute atomic E-state index is 0.302. The first-order chi connectivity index (χ1) is 9.83. The molecular formula is C15H11N3O2. The summed E-state index contributed by atoms with van der Waals surface area (Å²) >= 11 is 0. The Morgan fingerprint density at radius 3 is 2.80 bits per heavy atom. The second kappa shape index (κ2) is 5.36. The molecule has 5 nitrogen and oxygen atoms in total. The quantitative estimate of drug-likeness (QED) is 0.496. The fourth-order valence-electron chi connectivity index (χ4n) is 1.79. The third kappa shape index (κ3) is 2.56. The Morgan fingerprint density at radius 2 is 1.90 bits per heavy atom. The summed E-state index contributed by atoms with van der Waals surface area (Å²) in [4.78, 5) is 14.8. The number of nitrogens with zero attached hydrogens (tertiary/aromatic N) is 2. The lowest BCUT2D eigenvalue weighted by molar-refractivity contribution is 0.561. The van der Waals surface area contributed by atoms with Gasteiger partial charge in [-0.2, -0.15) is 5.10 Å². The Hall–Kier alpha value is -2.95. The highest BCUT2D eigenvalue weighted by molar-refractivity contribution is 5.75. The van der Waals surface area contributed by atoms with Crippen LogP contribution in [0.2, 0.25) is 0 Å². The van der Waals surface area contributed by atoms with E-state index >= 15 is 0 Å². The second-order valence-electron chi connectivity index (χ2n) is 4.10. The summed E-state index contributed by atoms with van der Waals surface area (Å²) in [7, 11) is 0. The molecule has 0 radical (unpaired) electrons. The number of hydrogen-bond donors (Lipinski definition) is 1. The summed E-state index contributed by atoms with van der Waals surface area (Å²) in [5.41, 5.74) is 2.23. The van der Waals surface area contributed by atoms with E-state index in [0.29, 0.717) is 5.58 Å². The number of nitrogens with one attached hydrogen (secondary N) is 1. The first-order valence-corrected chi connectivity index (χ1v) is 6.06. The molecule has 0 fully saturated rings. The van der Waals surface area contributed by atoms with E-state index < -0.39 is 0 Å². The van der Waals surface area contributed by atoms with E-state index in [1.807, 2.05) is 30.3 Å². The highest BCUT2D eigenvalue weighted by Crippen LogP contribution is 2.09. The summed E-state index contributed by atoms with van der Waals surface area (Å²) in [5.74, 6) is 0. The number of hydrogen-bond acceptors (Lipinski definition) is 4. The van der Waals surface area contributed by atoms with Crippen LogP contribution in [0.15, 0.2) is 70.1 Å². The van der Waals surface area contributed by atoms with E-state index in [-0.39, 0.29) is 5.63 Å². The van der Waals surface area contributed by atoms with Crippen molar-refractivity contribution >= 4 is 22.0 Å². The van der Waals surface area contributed by atoms with E-state index in [1.165, 1.54) is 6.07 Å². The normalized spacial score (nSPS) is 10.2. The summed E-state index contributed by atoms with van der Waals surface area (Å²) in [6.45, 7) is 0. The number of aromatic amines is 1. The molecule has 0 unspecified atom stereocenters. The lowest BCUT2D eigenvalue weighted by Crippen LogP contribution is -1.93. The Balaban J connectivity index is 0.000000123. The largest absolute Gasteiger partial charge is 0.423 e. The zero-order valence-corrected chi connectivity index (χ0v) is 10.5. The molecule has 0 aliphatic carbocycles. The molecule has 0 bridgehead atoms. The minimum atomic E-state index is -0.302. The van der Waals surface area contributed by atoms with Crippen LogP contribution in [0.5, 0.6) is 0 Å². The lowest BCUT2D eigenvalue weighted by Gasteiger charge is -1.91. The number of para-hydroxylation sites is 1. The van der Waals surface area contributed by atoms with Crippen molar-refractivity contribution in [1.29, 1.82) is 0 Å². The van der Waals surface area contributed by atoms with E-state index in [2.05, 4.69) is 15.2 Å². The van der Waals surface area contributed by atoms with Crippen molar-refractivity contribution in [3.05, 3.63) is 71.3 Å². The molecule has 1 N–H and O–H groups in total. The van der Waals surface area contributed by atoms with Crippen molar-refractivity contribution in [1.82, 2.24) is 15.2 Å². The van der Waals surface area contributed by atoms with Crippen molar-refractivity contribution in [3.8, 4) is 0 Å². The fraction of sp³-hybridized carbons (Fsp3) is 0. The van der Waals surface area contributed by atoms with Crippen LogP contribution in [0.25, 0.3) is 22.0 Å². The van der Waals surface area contributed by atoms with Crippen molar-refractivity contribution in [3.63, 3.8) is 0 Å². The molecule has 0 atom stereocenters. The molecule has 4 aromatic rings. The molecule has 0 amide bonds. The third-order valence-electron chi connectivity index (χ3n) is 2.74. The summed E-state index contributed by atoms with van der Waals surface area (Å²) in [6.07, 6.45) is 3.45. The van der Waals surface area contributed by atoms with Gasteiger partial charge in [0.05, 0.1) is 11.7 Å². The molecule has 20 heavy (non-hydrogen) atoms. The molecular weight excluding hydrogens is 254 g/mol. The number of fused-ring (bicyclic) bond motifs is 2. The van der Waals surface area contributed by atoms with Crippen LogP contribution in [0, 0.1) is 0 Å². The van der Waals surface area contributed by atoms with Crippen LogP contribution >= 0.6 is 0 Å². The SMILES string of the molecule is O=c1ccc2ccccc2o1.c1cnc2cn[nH]c2c1. The zero-order valence-electron chi connectivity index (χ0n) is 10.5. The maximum absolute atomic E-state index is 10.7. The average Bonchev–Trinajstić information content (AvgIpc) is 2.96. The van der Waals surface area contributed by atoms with Crippen LogP contribution in [0.1, 0.15) is 0 Å². The Morgan fingerprint density at radius 1 is 1.00 bits per heavy atom. The van der Waals surface area contributed by atoms with Gasteiger partial charge in [0, 0.05) is 17.6 Å². The summed E-state index contributed by atoms with van der Waals surface area (Å²) in [6, 6.07) is 14.4. The topological polar surface area (TPSA) is 71.8 Å². The van der Waals surface area contributed by atoms with Crippen molar-refractivity contribution in [2.45, 2.75) is 0 Å². The van der Waals surface area contributed by atoms with Gasteiger partial charge in [-0.15, -0.1) is 0 Å². The summed E-state index contributed by atoms with van der Waals surface area (Å²) < 4.78 is 4.91. The number of aromatic nitrogens is 3. The fourth-order valence-corrected chi connectivity index (χ4v) is 1.79. The number of H-pyrrole nitrogens is 1. The highest BCUT2D eigenvalue weighted by Gasteiger charge is 1.92. The number of benzene rings is 1. The first kappa shape index (κ1) is 12.1. The molecule has 0 saturated heterocycles. The minimum Gasteiger partial charge on any atom is -0.423 e. The van der Waals surface area contributed by atoms with Gasteiger partial charge in [-0.1, -0.05) is 18.2 Å². The van der Waals surface area contributed by atoms with E-state index in [9.17, 15) is 4.79 Å². The predicted octanol–water partition coefficient (Wildman–Crippen LogP) is 2.75. The van der Waals surface area contributed by atoms with Crippen LogP contribution in [-0.2, 0) is 0 Å². The van der Waals surface area contributed by atoms with Gasteiger partial charge in [0.25, 0.3) is 0 Å². The van der Waals surface area contributed by atoms with Gasteiger partial charge in [-0.3, -0.25) is 10.1 Å². The highest BCUT2D eigenvalue weighted by atomic mass is 16.4. The maximum atomic E-state index is 10.7. The molecule has 0 saturated carbocycles. The summed E-state index contributed by atoms with van der Waals surface area (Å²) in [5, 5.41) is 7.57. The molecule has 1 aromatic carbocycles. The van der Waals surface area contributed by atoms with Crippen LogP contribution in [-0.4, -0.2) is 15.2 Å². The van der Waals surface area contributed by atoms with Crippen molar-refractivity contribution < 1.29 is 4.42 Å². The Bertz CT molecular complexity index is 866. The first-order valence-electron chi connectivity index (χ1n) is 6.06. The van der Waals surface area contributed by atoms with Crippen molar-refractivity contribution in [2.24, 2.45) is 0 Å². The Kier molecular flexibility index (Phi) is 3.24. The molecule has 98 valence electrons. The van der Waals surface area contributed by atoms with Gasteiger partial charge < -0.3 is 4.42 Å². The molecule has 0 spiro atoms. The van der Waals surface area contributed by atoms with Gasteiger partial charge in [0.15, 0.2) is 0 Å². The van der Waals surface area contributed by atoms with Gasteiger partial charge in [0.1, 0.15) is 11.1 Å². The monoisotopic (exact) mass is 265 g/mol. The molecule has 3 aromatic heterocycles. The number of pyridine rings is 1. The van der Waals surface area contributed by atoms with Gasteiger partial charge >= 0.3 is 5.63 Å². The van der Waals surface area contributed by atoms with E-state index in [1.54, 1.807) is 24.5 Å². The second-order valence-corrected chi connectivity index (χ2v) is 4.10. The zero-order chi connectivity index (χ0) is 13.8. The standard InChI is InChI=1S/C9H6O2.C6H5N3/c10-9-6-5-7-3-1-2-4-8(7)11-9;1-2-5-6(7-3-1)4-8-9-5/h1-6H;1-4H,(H,8,9). The van der Waals surface area contributed by atoms with Crippen LogP contribution in [0.4, 0.5) is 0 Å². The molecule has 3 heterocycles. The molecule has 4 rings (SSSR count). The third-order valence-corrected chi connectivity index (χ3v) is 2.74. The average molecular weight is 265 g/mol. The van der Waals surface area contributed by atoms with Gasteiger partial charge in [-0.25, -0.2) is 4.79 Å². The molecule has 0 aliphatic rings. The molecule has 5 heteroatoms. The smallest absolute Gasteiger partial charge is 0.336 e. The maximum Gasteiger partial charge on any atom is 0.336 e. The van der Waals surface area contributed by atoms with E-state index in [0.717, 1.165) is 16.4 Å². The van der Waals surface area contributed by atoms with Gasteiger partial charge in [0.2, 0.25) is 0 Å². The van der Waals surface area contributed by atoms with Crippen LogP contribution in [0.3, 0.4) is 0 Å². The van der Waals surface area contributed by atoms with Crippen LogP contribution < -0.4 is 5.63 Å². The van der Waals surface area contributed by atoms with Gasteiger partial charge in [-0.05, 0) is 24.3 Å². The molecule has 0 aliphatic heterocycles. The number of rotatable bonds is 0.